The number of nitrogens with zero attached hydrogens (tertiary/aromatic N) is 2. The van der Waals surface area contributed by atoms with Crippen molar-refractivity contribution in [1.82, 2.24) is 0 Å². The molecule has 4 aromatic rings. The molecule has 0 aliphatic heterocycles. The molecule has 0 aliphatic carbocycles. The van der Waals surface area contributed by atoms with E-state index in [2.05, 4.69) is 0 Å². The van der Waals surface area contributed by atoms with Gasteiger partial charge in [0.05, 0.1) is 33.1 Å². The van der Waals surface area contributed by atoms with Crippen LogP contribution in [0.2, 0.25) is 0 Å². The van der Waals surface area contributed by atoms with Gasteiger partial charge in [-0.1, -0.05) is 42.5 Å². The van der Waals surface area contributed by atoms with E-state index in [1.165, 1.54) is 24.3 Å². The molecule has 35 heavy (non-hydrogen) atoms. The standard InChI is InChI=1S/C23H15N2O5.4ClH.Fe/c26-24(27)20-10-4-8-17(12-20)22-14-19(16-6-2-1-3-7-16)15-23(30-22)18-9-5-11-21(13-18)25(28)29;;;;;/h1-15H;4*1H;/q+1;;;;;+3/p-4. The predicted molar refractivity (Wildman–Crippen MR) is 136 cm³/mol. The molecule has 0 saturated heterocycles. The maximum atomic E-state index is 11.2. The Hall–Kier alpha value is -2.71. The third kappa shape index (κ3) is 8.18. The van der Waals surface area contributed by atoms with E-state index in [1.54, 1.807) is 36.4 Å². The monoisotopic (exact) mass is 595 g/mol. The molecule has 0 spiro atoms. The van der Waals surface area contributed by atoms with E-state index in [9.17, 15) is 20.2 Å². The van der Waals surface area contributed by atoms with Gasteiger partial charge in [-0.15, -0.1) is 0 Å². The van der Waals surface area contributed by atoms with Gasteiger partial charge in [0.2, 0.25) is 0 Å². The fourth-order valence-corrected chi connectivity index (χ4v) is 3.13. The summed E-state index contributed by atoms with van der Waals surface area (Å²) >= 11 is 0. The SMILES string of the molecule is O=[N+]([O-])c1cccc(-c2cc(-c3ccccc3)cc(-c3cccc([N+](=O)[O-])c3)[o+]2)c1.[Cl][Fe-]([Cl])([Cl])[Cl]. The number of halogens is 4. The van der Waals surface area contributed by atoms with Gasteiger partial charge in [-0.3, -0.25) is 20.2 Å². The molecule has 3 aromatic carbocycles. The molecular weight excluding hydrogens is 582 g/mol. The molecule has 1 heterocycles. The van der Waals surface area contributed by atoms with Crippen LogP contribution in [0.3, 0.4) is 0 Å². The van der Waals surface area contributed by atoms with Gasteiger partial charge in [-0.25, -0.2) is 4.42 Å². The molecule has 0 aliphatic rings. The topological polar surface area (TPSA) is 97.6 Å². The Labute approximate surface area is 219 Å². The Morgan fingerprint density at radius 1 is 0.571 bits per heavy atom. The van der Waals surface area contributed by atoms with Gasteiger partial charge < -0.3 is 0 Å². The minimum atomic E-state index is -2.61. The number of nitro groups is 2. The summed E-state index contributed by atoms with van der Waals surface area (Å²) in [5, 5.41) is 22.3. The Bertz CT molecular complexity index is 1290. The van der Waals surface area contributed by atoms with Crippen molar-refractivity contribution in [2.75, 3.05) is 0 Å². The first kappa shape index (κ1) is 26.9. The van der Waals surface area contributed by atoms with Crippen LogP contribution in [0.15, 0.2) is 95.4 Å². The zero-order chi connectivity index (χ0) is 25.6. The molecule has 12 heteroatoms. The Morgan fingerprint density at radius 3 is 1.37 bits per heavy atom. The van der Waals surface area contributed by atoms with Gasteiger partial charge in [0.25, 0.3) is 11.4 Å². The second-order valence-corrected chi connectivity index (χ2v) is 17.8. The third-order valence-corrected chi connectivity index (χ3v) is 4.58. The fraction of sp³-hybridized carbons (Fsp3) is 0. The van der Waals surface area contributed by atoms with E-state index in [4.69, 9.17) is 44.8 Å². The molecule has 7 nitrogen and oxygen atoms in total. The zero-order valence-corrected chi connectivity index (χ0v) is 21.6. The molecule has 0 unspecified atom stereocenters. The first-order valence-electron chi connectivity index (χ1n) is 9.58. The average molecular weight is 597 g/mol. The molecule has 0 radical (unpaired) electrons. The molecule has 0 fully saturated rings. The van der Waals surface area contributed by atoms with E-state index >= 15 is 0 Å². The Morgan fingerprint density at radius 2 is 0.971 bits per heavy atom. The van der Waals surface area contributed by atoms with Crippen molar-refractivity contribution in [1.29, 1.82) is 0 Å². The molecule has 0 N–H and O–H groups in total. The van der Waals surface area contributed by atoms with Crippen LogP contribution in [0.1, 0.15) is 0 Å². The number of hydrogen-bond donors (Lipinski definition) is 0. The van der Waals surface area contributed by atoms with E-state index in [-0.39, 0.29) is 11.4 Å². The summed E-state index contributed by atoms with van der Waals surface area (Å²) in [6.07, 6.45) is 0. The molecular formula is C23H15Cl4FeN2O5. The van der Waals surface area contributed by atoms with Crippen molar-refractivity contribution >= 4 is 51.8 Å². The van der Waals surface area contributed by atoms with Gasteiger partial charge in [0.15, 0.2) is 0 Å². The number of hydrogen-bond acceptors (Lipinski definition) is 4. The van der Waals surface area contributed by atoms with E-state index < -0.39 is 19.0 Å². The molecule has 183 valence electrons. The molecule has 1 aromatic heterocycles. The van der Waals surface area contributed by atoms with Crippen LogP contribution >= 0.6 is 40.4 Å². The maximum absolute atomic E-state index is 11.2. The number of nitro benzene ring substituents is 2. The summed E-state index contributed by atoms with van der Waals surface area (Å²) in [7, 11) is 17.2. The van der Waals surface area contributed by atoms with Crippen LogP contribution in [0.4, 0.5) is 11.4 Å². The van der Waals surface area contributed by atoms with E-state index in [0.29, 0.717) is 22.6 Å². The summed E-state index contributed by atoms with van der Waals surface area (Å²) in [6, 6.07) is 25.5. The van der Waals surface area contributed by atoms with Crippen molar-refractivity contribution < 1.29 is 23.5 Å². The first-order chi connectivity index (χ1) is 16.5. The van der Waals surface area contributed by atoms with Crippen LogP contribution in [0.5, 0.6) is 0 Å². The third-order valence-electron chi connectivity index (χ3n) is 4.58. The normalized spacial score (nSPS) is 11.2. The fourth-order valence-electron chi connectivity index (χ4n) is 3.13. The van der Waals surface area contributed by atoms with E-state index in [1.807, 2.05) is 30.3 Å². The molecule has 0 bridgehead atoms. The van der Waals surface area contributed by atoms with Crippen molar-refractivity contribution in [2.45, 2.75) is 0 Å². The van der Waals surface area contributed by atoms with Crippen LogP contribution in [-0.4, -0.2) is 9.85 Å². The quantitative estimate of drug-likeness (QED) is 0.0990. The van der Waals surface area contributed by atoms with Crippen LogP contribution in [0, 0.1) is 20.2 Å². The first-order valence-corrected chi connectivity index (χ1v) is 15.7. The molecule has 0 amide bonds. The van der Waals surface area contributed by atoms with Crippen molar-refractivity contribution in [3.8, 4) is 33.8 Å². The van der Waals surface area contributed by atoms with Crippen LogP contribution in [0.25, 0.3) is 33.8 Å². The van der Waals surface area contributed by atoms with Gasteiger partial charge in [0.1, 0.15) is 0 Å². The van der Waals surface area contributed by atoms with Gasteiger partial charge in [0, 0.05) is 29.8 Å². The van der Waals surface area contributed by atoms with Crippen LogP contribution < -0.4 is 0 Å². The van der Waals surface area contributed by atoms with E-state index in [0.717, 1.165) is 11.1 Å². The van der Waals surface area contributed by atoms with Crippen molar-refractivity contribution in [3.63, 3.8) is 0 Å². The summed E-state index contributed by atoms with van der Waals surface area (Å²) in [5.74, 6) is 0.836. The van der Waals surface area contributed by atoms with Crippen LogP contribution in [-0.2, 0) is 9.20 Å². The van der Waals surface area contributed by atoms with Gasteiger partial charge in [-0.05, 0) is 17.7 Å². The average Bonchev–Trinajstić information content (AvgIpc) is 2.83. The summed E-state index contributed by atoms with van der Waals surface area (Å²) in [5.41, 5.74) is 2.72. The molecule has 4 rings (SSSR count). The van der Waals surface area contributed by atoms with Gasteiger partial charge >= 0.3 is 61.1 Å². The molecule has 0 atom stereocenters. The zero-order valence-electron chi connectivity index (χ0n) is 17.5. The van der Waals surface area contributed by atoms with Crippen molar-refractivity contribution in [2.24, 2.45) is 0 Å². The summed E-state index contributed by atoms with van der Waals surface area (Å²) in [4.78, 5) is 21.4. The molecule has 0 saturated carbocycles. The number of non-ortho nitro benzene ring substituents is 2. The van der Waals surface area contributed by atoms with Crippen molar-refractivity contribution in [3.05, 3.63) is 111 Å². The summed E-state index contributed by atoms with van der Waals surface area (Å²) < 4.78 is 6.04. The Kier molecular flexibility index (Phi) is 9.08. The summed E-state index contributed by atoms with van der Waals surface area (Å²) in [6.45, 7) is 0. The second kappa shape index (κ2) is 11.8. The second-order valence-electron chi connectivity index (χ2n) is 6.86. The minimum absolute atomic E-state index is 0.0512. The predicted octanol–water partition coefficient (Wildman–Crippen LogP) is 9.13. The number of benzene rings is 3. The number of rotatable bonds is 5. The van der Waals surface area contributed by atoms with Gasteiger partial charge in [-0.2, -0.15) is 0 Å². The Balaban J connectivity index is 0.000000623.